The van der Waals surface area contributed by atoms with Gasteiger partial charge in [0.2, 0.25) is 0 Å². The molecule has 0 aromatic rings. The monoisotopic (exact) mass is 394 g/mol. The minimum atomic E-state index is 0. The van der Waals surface area contributed by atoms with Crippen LogP contribution in [0.2, 0.25) is 0 Å². The van der Waals surface area contributed by atoms with Crippen LogP contribution in [0.1, 0.15) is 27.2 Å². The third-order valence-electron chi connectivity index (χ3n) is 2.97. The number of nitrogens with zero attached hydrogens (tertiary/aromatic N) is 2. The van der Waals surface area contributed by atoms with Crippen LogP contribution in [0.4, 0.5) is 0 Å². The van der Waals surface area contributed by atoms with Gasteiger partial charge in [0, 0.05) is 25.7 Å². The maximum atomic E-state index is 5.84. The zero-order valence-corrected chi connectivity index (χ0v) is 15.5. The van der Waals surface area contributed by atoms with Gasteiger partial charge in [-0.2, -0.15) is 0 Å². The lowest BCUT2D eigenvalue weighted by atomic mass is 10.0. The molecule has 0 aliphatic carbocycles. The van der Waals surface area contributed by atoms with Crippen LogP contribution >= 0.6 is 24.0 Å². The lowest BCUT2D eigenvalue weighted by Crippen LogP contribution is -2.42. The van der Waals surface area contributed by atoms with Gasteiger partial charge in [-0.25, -0.2) is 0 Å². The molecule has 1 unspecified atom stereocenters. The Morgan fingerprint density at radius 2 is 1.85 bits per heavy atom. The predicted octanol–water partition coefficient (Wildman–Crippen LogP) is 2.62. The SMILES string of the molecule is C=CCN(CC=C)C(CN=C(N)NCCC)C(C)C.I. The number of halogens is 1. The Kier molecular flexibility index (Phi) is 14.6. The molecule has 1 atom stereocenters. The van der Waals surface area contributed by atoms with Gasteiger partial charge in [0.25, 0.3) is 0 Å². The summed E-state index contributed by atoms with van der Waals surface area (Å²) in [7, 11) is 0. The van der Waals surface area contributed by atoms with E-state index in [9.17, 15) is 0 Å². The van der Waals surface area contributed by atoms with Gasteiger partial charge in [0.05, 0.1) is 6.54 Å². The Bertz CT molecular complexity index is 280. The minimum absolute atomic E-state index is 0. The standard InChI is InChI=1S/C15H30N4.HI/c1-6-9-17-15(16)18-12-14(13(4)5)19(10-7-2)11-8-3;/h7-8,13-14H,2-3,6,9-12H2,1,4-5H3,(H3,16,17,18);1H. The largest absolute Gasteiger partial charge is 0.370 e. The zero-order valence-electron chi connectivity index (χ0n) is 13.1. The van der Waals surface area contributed by atoms with Crippen molar-refractivity contribution in [3.8, 4) is 0 Å². The lowest BCUT2D eigenvalue weighted by molar-refractivity contribution is 0.195. The Morgan fingerprint density at radius 3 is 2.25 bits per heavy atom. The van der Waals surface area contributed by atoms with Gasteiger partial charge in [-0.15, -0.1) is 37.1 Å². The molecule has 0 rings (SSSR count). The van der Waals surface area contributed by atoms with E-state index in [1.54, 1.807) is 0 Å². The van der Waals surface area contributed by atoms with Gasteiger partial charge in [0.15, 0.2) is 5.96 Å². The minimum Gasteiger partial charge on any atom is -0.370 e. The summed E-state index contributed by atoms with van der Waals surface area (Å²) in [6.07, 6.45) is 4.88. The van der Waals surface area contributed by atoms with Crippen molar-refractivity contribution in [3.63, 3.8) is 0 Å². The summed E-state index contributed by atoms with van der Waals surface area (Å²) in [5.74, 6) is 1.03. The first-order chi connectivity index (χ1) is 9.06. The highest BCUT2D eigenvalue weighted by molar-refractivity contribution is 14.0. The van der Waals surface area contributed by atoms with Crippen molar-refractivity contribution in [1.82, 2.24) is 10.2 Å². The van der Waals surface area contributed by atoms with E-state index < -0.39 is 0 Å². The van der Waals surface area contributed by atoms with E-state index >= 15 is 0 Å². The number of nitrogens with two attached hydrogens (primary N) is 1. The molecule has 0 amide bonds. The molecular weight excluding hydrogens is 363 g/mol. The molecule has 0 aromatic heterocycles. The summed E-state index contributed by atoms with van der Waals surface area (Å²) < 4.78 is 0. The maximum Gasteiger partial charge on any atom is 0.188 e. The summed E-state index contributed by atoms with van der Waals surface area (Å²) in [4.78, 5) is 6.76. The third-order valence-corrected chi connectivity index (χ3v) is 2.97. The highest BCUT2D eigenvalue weighted by atomic mass is 127. The Morgan fingerprint density at radius 1 is 1.30 bits per heavy atom. The fourth-order valence-corrected chi connectivity index (χ4v) is 1.93. The number of nitrogens with one attached hydrogen (secondary N) is 1. The van der Waals surface area contributed by atoms with Crippen molar-refractivity contribution >= 4 is 29.9 Å². The van der Waals surface area contributed by atoms with Crippen molar-refractivity contribution in [2.75, 3.05) is 26.2 Å². The van der Waals surface area contributed by atoms with Crippen molar-refractivity contribution in [1.29, 1.82) is 0 Å². The van der Waals surface area contributed by atoms with E-state index in [0.29, 0.717) is 24.5 Å². The molecule has 0 spiro atoms. The van der Waals surface area contributed by atoms with Crippen LogP contribution in [-0.4, -0.2) is 43.1 Å². The second-order valence-electron chi connectivity index (χ2n) is 5.00. The topological polar surface area (TPSA) is 53.6 Å². The first-order valence-corrected chi connectivity index (χ1v) is 7.06. The number of aliphatic imine (C=N–C) groups is 1. The molecule has 0 radical (unpaired) electrons. The molecule has 5 heteroatoms. The molecule has 20 heavy (non-hydrogen) atoms. The normalized spacial score (nSPS) is 12.9. The molecule has 4 nitrogen and oxygen atoms in total. The van der Waals surface area contributed by atoms with Crippen LogP contribution in [0, 0.1) is 5.92 Å². The van der Waals surface area contributed by atoms with Gasteiger partial charge >= 0.3 is 0 Å². The Balaban J connectivity index is 0. The van der Waals surface area contributed by atoms with Crippen molar-refractivity contribution < 1.29 is 0 Å². The average Bonchev–Trinajstić information content (AvgIpc) is 2.36. The molecule has 0 aromatic carbocycles. The second-order valence-corrected chi connectivity index (χ2v) is 5.00. The van der Waals surface area contributed by atoms with E-state index in [1.165, 1.54) is 0 Å². The fraction of sp³-hybridized carbons (Fsp3) is 0.667. The Hall–Kier alpha value is -0.560. The summed E-state index contributed by atoms with van der Waals surface area (Å²) in [5, 5.41) is 3.10. The zero-order chi connectivity index (χ0) is 14.7. The molecule has 0 fully saturated rings. The van der Waals surface area contributed by atoms with Crippen LogP contribution in [-0.2, 0) is 0 Å². The van der Waals surface area contributed by atoms with Crippen LogP contribution < -0.4 is 11.1 Å². The van der Waals surface area contributed by atoms with Gasteiger partial charge in [-0.1, -0.05) is 32.9 Å². The molecule has 0 aliphatic rings. The highest BCUT2D eigenvalue weighted by Gasteiger charge is 2.19. The van der Waals surface area contributed by atoms with E-state index in [4.69, 9.17) is 5.73 Å². The molecule has 0 saturated heterocycles. The van der Waals surface area contributed by atoms with Crippen LogP contribution in [0.25, 0.3) is 0 Å². The second kappa shape index (κ2) is 13.4. The van der Waals surface area contributed by atoms with E-state index in [-0.39, 0.29) is 24.0 Å². The van der Waals surface area contributed by atoms with Crippen LogP contribution in [0.3, 0.4) is 0 Å². The van der Waals surface area contributed by atoms with Gasteiger partial charge in [-0.05, 0) is 12.3 Å². The number of hydrogen-bond acceptors (Lipinski definition) is 2. The molecular formula is C15H31IN4. The molecule has 3 N–H and O–H groups in total. The first kappa shape index (κ1) is 21.7. The van der Waals surface area contributed by atoms with Crippen LogP contribution in [0.5, 0.6) is 0 Å². The van der Waals surface area contributed by atoms with E-state index in [1.807, 2.05) is 12.2 Å². The maximum absolute atomic E-state index is 5.84. The van der Waals surface area contributed by atoms with Crippen molar-refractivity contribution in [3.05, 3.63) is 25.3 Å². The van der Waals surface area contributed by atoms with E-state index in [0.717, 1.165) is 26.1 Å². The predicted molar refractivity (Wildman–Crippen MR) is 101 cm³/mol. The molecule has 0 aliphatic heterocycles. The van der Waals surface area contributed by atoms with Gasteiger partial charge in [0.1, 0.15) is 0 Å². The number of rotatable bonds is 10. The third kappa shape index (κ3) is 9.36. The van der Waals surface area contributed by atoms with Crippen LogP contribution in [0.15, 0.2) is 30.3 Å². The van der Waals surface area contributed by atoms with Crippen molar-refractivity contribution in [2.45, 2.75) is 33.2 Å². The summed E-state index contributed by atoms with van der Waals surface area (Å²) in [5.41, 5.74) is 5.84. The quantitative estimate of drug-likeness (QED) is 0.259. The summed E-state index contributed by atoms with van der Waals surface area (Å²) >= 11 is 0. The molecule has 0 saturated carbocycles. The van der Waals surface area contributed by atoms with Gasteiger partial charge < -0.3 is 11.1 Å². The summed E-state index contributed by atoms with van der Waals surface area (Å²) in [6, 6.07) is 0.345. The first-order valence-electron chi connectivity index (χ1n) is 7.06. The number of hydrogen-bond donors (Lipinski definition) is 2. The average molecular weight is 394 g/mol. The molecule has 0 heterocycles. The van der Waals surface area contributed by atoms with Gasteiger partial charge in [-0.3, -0.25) is 9.89 Å². The van der Waals surface area contributed by atoms with E-state index in [2.05, 4.69) is 49.1 Å². The lowest BCUT2D eigenvalue weighted by Gasteiger charge is -2.31. The summed E-state index contributed by atoms with van der Waals surface area (Å²) in [6.45, 7) is 17.4. The Labute approximate surface area is 141 Å². The molecule has 0 bridgehead atoms. The van der Waals surface area contributed by atoms with Crippen molar-refractivity contribution in [2.24, 2.45) is 16.6 Å². The highest BCUT2D eigenvalue weighted by Crippen LogP contribution is 2.11. The molecule has 118 valence electrons. The fourth-order valence-electron chi connectivity index (χ4n) is 1.93. The number of guanidine groups is 1. The smallest absolute Gasteiger partial charge is 0.188 e.